The van der Waals surface area contributed by atoms with Gasteiger partial charge in [0, 0.05) is 27.2 Å². The van der Waals surface area contributed by atoms with E-state index in [0.717, 1.165) is 18.0 Å². The van der Waals surface area contributed by atoms with E-state index in [9.17, 15) is 14.4 Å². The first-order valence-electron chi connectivity index (χ1n) is 9.28. The quantitative estimate of drug-likeness (QED) is 0.502. The molecule has 0 bridgehead atoms. The van der Waals surface area contributed by atoms with Gasteiger partial charge in [0.05, 0.1) is 7.11 Å². The van der Waals surface area contributed by atoms with Crippen molar-refractivity contribution < 1.29 is 23.7 Å². The van der Waals surface area contributed by atoms with Crippen LogP contribution in [0.25, 0.3) is 0 Å². The summed E-state index contributed by atoms with van der Waals surface area (Å²) in [5, 5.41) is 0. The minimum absolute atomic E-state index is 0.0793. The van der Waals surface area contributed by atoms with Crippen LogP contribution in [-0.2, 0) is 14.3 Å². The molecular formula is C18H28N5O4+. The van der Waals surface area contributed by atoms with Crippen molar-refractivity contribution in [3.8, 4) is 0 Å². The zero-order valence-electron chi connectivity index (χ0n) is 16.6. The second-order valence-electron chi connectivity index (χ2n) is 7.87. The number of esters is 1. The molecule has 3 unspecified atom stereocenters. The van der Waals surface area contributed by atoms with Crippen LogP contribution in [-0.4, -0.2) is 102 Å². The van der Waals surface area contributed by atoms with E-state index < -0.39 is 18.0 Å². The molecule has 2 fully saturated rings. The largest absolute Gasteiger partial charge is 0.466 e. The lowest BCUT2D eigenvalue weighted by molar-refractivity contribution is -0.527. The van der Waals surface area contributed by atoms with Gasteiger partial charge >= 0.3 is 17.8 Å². The molecular weight excluding hydrogens is 350 g/mol. The molecule has 0 N–H and O–H groups in total. The summed E-state index contributed by atoms with van der Waals surface area (Å²) in [5.74, 6) is 1.34. The fourth-order valence-corrected chi connectivity index (χ4v) is 4.28. The minimum atomic E-state index is -0.772. The van der Waals surface area contributed by atoms with Crippen LogP contribution < -0.4 is 0 Å². The van der Waals surface area contributed by atoms with Crippen LogP contribution in [0.2, 0.25) is 0 Å². The Morgan fingerprint density at radius 3 is 2.41 bits per heavy atom. The number of urea groups is 1. The Balaban J connectivity index is 1.94. The van der Waals surface area contributed by atoms with Gasteiger partial charge < -0.3 is 4.74 Å². The molecule has 0 aromatic carbocycles. The average Bonchev–Trinajstić information content (AvgIpc) is 2.95. The summed E-state index contributed by atoms with van der Waals surface area (Å²) in [7, 11) is 4.36. The summed E-state index contributed by atoms with van der Waals surface area (Å²) in [5.41, 5.74) is 0. The van der Waals surface area contributed by atoms with E-state index in [4.69, 9.17) is 4.74 Å². The second-order valence-corrected chi connectivity index (χ2v) is 7.87. The molecule has 0 aromatic heterocycles. The van der Waals surface area contributed by atoms with Crippen LogP contribution in [0.15, 0.2) is 4.99 Å². The van der Waals surface area contributed by atoms with E-state index >= 15 is 0 Å². The molecule has 3 rings (SSSR count). The first kappa shape index (κ1) is 19.5. The predicted octanol–water partition coefficient (Wildman–Crippen LogP) is -0.147. The molecule has 0 aromatic rings. The number of methoxy groups -OCH3 is 1. The van der Waals surface area contributed by atoms with Crippen molar-refractivity contribution in [3.63, 3.8) is 0 Å². The van der Waals surface area contributed by atoms with E-state index in [2.05, 4.69) is 23.7 Å². The molecule has 3 atom stereocenters. The molecule has 9 heteroatoms. The summed E-state index contributed by atoms with van der Waals surface area (Å²) >= 11 is 0. The number of fused-ring (bicyclic) bond motifs is 1. The Kier molecular flexibility index (Phi) is 5.32. The summed E-state index contributed by atoms with van der Waals surface area (Å²) in [6.45, 7) is 6.79. The molecule has 27 heavy (non-hydrogen) atoms. The number of likely N-dealkylation sites (N-methyl/N-ethyl adjacent to an activating group) is 2. The first-order chi connectivity index (χ1) is 12.7. The van der Waals surface area contributed by atoms with Crippen LogP contribution in [0.4, 0.5) is 4.79 Å². The van der Waals surface area contributed by atoms with Crippen LogP contribution in [0.3, 0.4) is 0 Å². The van der Waals surface area contributed by atoms with Crippen LogP contribution in [0.5, 0.6) is 0 Å². The summed E-state index contributed by atoms with van der Waals surface area (Å²) in [6.07, 6.45) is 1.19. The SMILES string of the molecule is COC(=O)C[N+]1=C(CN2CC(C)CC(C)C2)N=C2C1C(=O)N(C)C(=O)N2C. The highest BCUT2D eigenvalue weighted by molar-refractivity contribution is 6.23. The minimum Gasteiger partial charge on any atom is -0.466 e. The Bertz CT molecular complexity index is 721. The third-order valence-electron chi connectivity index (χ3n) is 5.45. The smallest absolute Gasteiger partial charge is 0.347 e. The maximum Gasteiger partial charge on any atom is 0.347 e. The number of rotatable bonds is 4. The van der Waals surface area contributed by atoms with Crippen molar-refractivity contribution in [2.75, 3.05) is 47.4 Å². The molecule has 0 saturated carbocycles. The van der Waals surface area contributed by atoms with Gasteiger partial charge in [0.15, 0.2) is 6.54 Å². The summed E-state index contributed by atoms with van der Waals surface area (Å²) < 4.78 is 6.48. The number of hydrogen-bond donors (Lipinski definition) is 0. The highest BCUT2D eigenvalue weighted by Gasteiger charge is 2.53. The fourth-order valence-electron chi connectivity index (χ4n) is 4.28. The number of amidine groups is 2. The highest BCUT2D eigenvalue weighted by Crippen LogP contribution is 2.23. The summed E-state index contributed by atoms with van der Waals surface area (Å²) in [4.78, 5) is 46.4. The lowest BCUT2D eigenvalue weighted by Gasteiger charge is -2.33. The van der Waals surface area contributed by atoms with Crippen molar-refractivity contribution in [3.05, 3.63) is 0 Å². The topological polar surface area (TPSA) is 85.5 Å². The Hall–Kier alpha value is -2.29. The second kappa shape index (κ2) is 7.38. The number of hydrogen-bond acceptors (Lipinski definition) is 6. The van der Waals surface area contributed by atoms with Gasteiger partial charge in [0.1, 0.15) is 6.54 Å². The normalized spacial score (nSPS) is 29.2. The van der Waals surface area contributed by atoms with Crippen molar-refractivity contribution in [2.45, 2.75) is 26.3 Å². The van der Waals surface area contributed by atoms with Gasteiger partial charge in [-0.1, -0.05) is 13.8 Å². The molecule has 3 amide bonds. The third-order valence-corrected chi connectivity index (χ3v) is 5.45. The standard InChI is InChI=1S/C18H28N5O4/c1-11-6-12(2)8-22(7-11)9-13-19-16-15(23(13)10-14(24)27-5)17(25)21(4)18(26)20(16)3/h11-12,15H,6-10H2,1-5H3/q+1. The van der Waals surface area contributed by atoms with E-state index in [0.29, 0.717) is 30.1 Å². The zero-order chi connectivity index (χ0) is 19.9. The lowest BCUT2D eigenvalue weighted by Crippen LogP contribution is -2.62. The van der Waals surface area contributed by atoms with Crippen molar-refractivity contribution in [1.82, 2.24) is 14.7 Å². The molecule has 3 aliphatic heterocycles. The molecule has 0 aliphatic carbocycles. The van der Waals surface area contributed by atoms with Crippen molar-refractivity contribution in [2.24, 2.45) is 16.8 Å². The Morgan fingerprint density at radius 1 is 1.19 bits per heavy atom. The Labute approximate surface area is 159 Å². The van der Waals surface area contributed by atoms with Crippen LogP contribution >= 0.6 is 0 Å². The van der Waals surface area contributed by atoms with Crippen molar-refractivity contribution >= 4 is 29.6 Å². The van der Waals surface area contributed by atoms with Crippen LogP contribution in [0, 0.1) is 11.8 Å². The number of carbonyl (C=O) groups is 3. The monoisotopic (exact) mass is 378 g/mol. The van der Waals surface area contributed by atoms with Crippen LogP contribution in [0.1, 0.15) is 20.3 Å². The zero-order valence-corrected chi connectivity index (χ0v) is 16.6. The molecule has 0 radical (unpaired) electrons. The highest BCUT2D eigenvalue weighted by atomic mass is 16.5. The van der Waals surface area contributed by atoms with Gasteiger partial charge in [-0.05, 0) is 23.2 Å². The number of amides is 3. The van der Waals surface area contributed by atoms with Gasteiger partial charge in [0.25, 0.3) is 17.8 Å². The molecule has 3 heterocycles. The van der Waals surface area contributed by atoms with E-state index in [1.807, 2.05) is 0 Å². The van der Waals surface area contributed by atoms with E-state index in [1.165, 1.54) is 25.5 Å². The van der Waals surface area contributed by atoms with Gasteiger partial charge in [-0.15, -0.1) is 0 Å². The lowest BCUT2D eigenvalue weighted by atomic mass is 9.92. The number of piperidine rings is 1. The fraction of sp³-hybridized carbons (Fsp3) is 0.722. The molecule has 0 spiro atoms. The maximum atomic E-state index is 12.8. The number of nitrogens with zero attached hydrogens (tertiary/aromatic N) is 5. The predicted molar refractivity (Wildman–Crippen MR) is 98.7 cm³/mol. The van der Waals surface area contributed by atoms with E-state index in [-0.39, 0.29) is 12.5 Å². The number of ether oxygens (including phenoxy) is 1. The maximum absolute atomic E-state index is 12.8. The number of imide groups is 1. The summed E-state index contributed by atoms with van der Waals surface area (Å²) in [6, 6.07) is -1.19. The van der Waals surface area contributed by atoms with Crippen molar-refractivity contribution in [1.29, 1.82) is 0 Å². The molecule has 148 valence electrons. The Morgan fingerprint density at radius 2 is 1.81 bits per heavy atom. The van der Waals surface area contributed by atoms with Gasteiger partial charge in [-0.3, -0.25) is 19.5 Å². The van der Waals surface area contributed by atoms with E-state index in [1.54, 1.807) is 11.6 Å². The molecule has 2 saturated heterocycles. The average molecular weight is 378 g/mol. The van der Waals surface area contributed by atoms with Gasteiger partial charge in [0.2, 0.25) is 0 Å². The van der Waals surface area contributed by atoms with Gasteiger partial charge in [-0.25, -0.2) is 14.2 Å². The molecule has 3 aliphatic rings. The first-order valence-corrected chi connectivity index (χ1v) is 9.28. The third kappa shape index (κ3) is 3.60. The number of carbonyl (C=O) groups excluding carboxylic acids is 3. The van der Waals surface area contributed by atoms with Gasteiger partial charge in [-0.2, -0.15) is 0 Å². The number of aliphatic imine (C=N–C) groups is 1. The number of likely N-dealkylation sites (tertiary alicyclic amines) is 1. The molecule has 9 nitrogen and oxygen atoms in total.